The molecule has 122 valence electrons. The van der Waals surface area contributed by atoms with Crippen LogP contribution in [0.2, 0.25) is 0 Å². The molecule has 0 aliphatic rings. The molecular formula is C20H15N3O2. The van der Waals surface area contributed by atoms with Crippen molar-refractivity contribution < 1.29 is 9.90 Å². The molecule has 5 heteroatoms. The molecule has 0 fully saturated rings. The number of amides is 1. The molecule has 2 aromatic heterocycles. The normalized spacial score (nSPS) is 10.9. The molecule has 2 N–H and O–H groups in total. The van der Waals surface area contributed by atoms with Crippen LogP contribution in [0.1, 0.15) is 16.1 Å². The van der Waals surface area contributed by atoms with E-state index in [1.807, 2.05) is 42.5 Å². The van der Waals surface area contributed by atoms with Gasteiger partial charge in [0.05, 0.1) is 0 Å². The standard InChI is InChI=1S/C20H15N3O2/c24-19-17-15(8-4-10-21-17)12-22-18(19)20(25)23-11-14-7-3-6-13-5-1-2-9-16(13)14/h1-10,12,24H,11H2,(H,23,25). The van der Waals surface area contributed by atoms with Crippen LogP contribution in [0.15, 0.2) is 67.0 Å². The Hall–Kier alpha value is -3.47. The Bertz CT molecular complexity index is 1090. The first-order valence-electron chi connectivity index (χ1n) is 7.91. The van der Waals surface area contributed by atoms with Crippen LogP contribution in [0, 0.1) is 0 Å². The van der Waals surface area contributed by atoms with Gasteiger partial charge in [-0.3, -0.25) is 9.78 Å². The maximum Gasteiger partial charge on any atom is 0.274 e. The molecule has 1 amide bonds. The van der Waals surface area contributed by atoms with Gasteiger partial charge in [-0.05, 0) is 28.5 Å². The number of nitrogens with zero attached hydrogens (tertiary/aromatic N) is 2. The van der Waals surface area contributed by atoms with Crippen LogP contribution in [0.4, 0.5) is 0 Å². The van der Waals surface area contributed by atoms with Crippen molar-refractivity contribution in [3.05, 3.63) is 78.2 Å². The maximum atomic E-state index is 12.5. The van der Waals surface area contributed by atoms with E-state index in [0.29, 0.717) is 17.4 Å². The topological polar surface area (TPSA) is 75.1 Å². The zero-order valence-corrected chi connectivity index (χ0v) is 13.3. The highest BCUT2D eigenvalue weighted by molar-refractivity contribution is 6.00. The number of rotatable bonds is 3. The lowest BCUT2D eigenvalue weighted by Gasteiger charge is -2.09. The number of hydrogen-bond donors (Lipinski definition) is 2. The Morgan fingerprint density at radius 1 is 0.960 bits per heavy atom. The van der Waals surface area contributed by atoms with Gasteiger partial charge in [0.1, 0.15) is 5.52 Å². The second kappa shape index (κ2) is 6.20. The molecule has 2 aromatic carbocycles. The Morgan fingerprint density at radius 3 is 2.68 bits per heavy atom. The van der Waals surface area contributed by atoms with Gasteiger partial charge in [-0.15, -0.1) is 0 Å². The van der Waals surface area contributed by atoms with E-state index in [0.717, 1.165) is 16.3 Å². The summed E-state index contributed by atoms with van der Waals surface area (Å²) in [7, 11) is 0. The lowest BCUT2D eigenvalue weighted by Crippen LogP contribution is -2.24. The first-order chi connectivity index (χ1) is 12.2. The average Bonchev–Trinajstić information content (AvgIpc) is 2.66. The number of aromatic nitrogens is 2. The molecule has 0 unspecified atom stereocenters. The summed E-state index contributed by atoms with van der Waals surface area (Å²) in [5, 5.41) is 16.0. The van der Waals surface area contributed by atoms with Crippen molar-refractivity contribution in [1.29, 1.82) is 0 Å². The van der Waals surface area contributed by atoms with Gasteiger partial charge in [0, 0.05) is 24.3 Å². The van der Waals surface area contributed by atoms with Crippen LogP contribution < -0.4 is 5.32 Å². The molecule has 2 heterocycles. The fourth-order valence-corrected chi connectivity index (χ4v) is 2.90. The highest BCUT2D eigenvalue weighted by atomic mass is 16.3. The van der Waals surface area contributed by atoms with Crippen molar-refractivity contribution in [2.24, 2.45) is 0 Å². The van der Waals surface area contributed by atoms with Crippen LogP contribution in [0.25, 0.3) is 21.7 Å². The Kier molecular flexibility index (Phi) is 3.74. The van der Waals surface area contributed by atoms with Gasteiger partial charge >= 0.3 is 0 Å². The minimum Gasteiger partial charge on any atom is -0.504 e. The van der Waals surface area contributed by atoms with E-state index in [4.69, 9.17) is 0 Å². The van der Waals surface area contributed by atoms with Crippen molar-refractivity contribution >= 4 is 27.6 Å². The number of fused-ring (bicyclic) bond motifs is 2. The first kappa shape index (κ1) is 15.1. The molecular weight excluding hydrogens is 314 g/mol. The third kappa shape index (κ3) is 2.76. The van der Waals surface area contributed by atoms with Gasteiger partial charge in [0.2, 0.25) is 0 Å². The lowest BCUT2D eigenvalue weighted by atomic mass is 10.0. The molecule has 0 bridgehead atoms. The molecule has 0 spiro atoms. The van der Waals surface area contributed by atoms with E-state index in [1.54, 1.807) is 18.3 Å². The number of pyridine rings is 2. The molecule has 5 nitrogen and oxygen atoms in total. The van der Waals surface area contributed by atoms with Crippen LogP contribution in [0.3, 0.4) is 0 Å². The number of nitrogens with one attached hydrogen (secondary N) is 1. The molecule has 0 saturated carbocycles. The number of carbonyl (C=O) groups is 1. The summed E-state index contributed by atoms with van der Waals surface area (Å²) in [5.41, 5.74) is 1.35. The summed E-state index contributed by atoms with van der Waals surface area (Å²) in [5.74, 6) is -0.633. The molecule has 0 saturated heterocycles. The highest BCUT2D eigenvalue weighted by Gasteiger charge is 2.16. The summed E-state index contributed by atoms with van der Waals surface area (Å²) in [6, 6.07) is 17.5. The third-order valence-corrected chi connectivity index (χ3v) is 4.15. The predicted molar refractivity (Wildman–Crippen MR) is 96.3 cm³/mol. The van der Waals surface area contributed by atoms with Crippen molar-refractivity contribution in [2.45, 2.75) is 6.54 Å². The van der Waals surface area contributed by atoms with E-state index in [1.165, 1.54) is 6.20 Å². The molecule has 0 radical (unpaired) electrons. The first-order valence-corrected chi connectivity index (χ1v) is 7.91. The summed E-state index contributed by atoms with van der Waals surface area (Å²) in [4.78, 5) is 20.6. The molecule has 0 atom stereocenters. The third-order valence-electron chi connectivity index (χ3n) is 4.15. The van der Waals surface area contributed by atoms with Crippen molar-refractivity contribution in [3.8, 4) is 5.75 Å². The Labute approximate surface area is 144 Å². The summed E-state index contributed by atoms with van der Waals surface area (Å²) < 4.78 is 0. The van der Waals surface area contributed by atoms with Crippen LogP contribution in [-0.4, -0.2) is 21.0 Å². The Balaban J connectivity index is 1.61. The van der Waals surface area contributed by atoms with Gasteiger partial charge in [0.15, 0.2) is 11.4 Å². The molecule has 25 heavy (non-hydrogen) atoms. The van der Waals surface area contributed by atoms with Crippen molar-refractivity contribution in [2.75, 3.05) is 0 Å². The van der Waals surface area contributed by atoms with Crippen molar-refractivity contribution in [1.82, 2.24) is 15.3 Å². The summed E-state index contributed by atoms with van der Waals surface area (Å²) in [6.45, 7) is 0.349. The molecule has 4 aromatic rings. The monoisotopic (exact) mass is 329 g/mol. The minimum atomic E-state index is -0.432. The average molecular weight is 329 g/mol. The number of benzene rings is 2. The summed E-state index contributed by atoms with van der Waals surface area (Å²) >= 11 is 0. The smallest absolute Gasteiger partial charge is 0.274 e. The van der Waals surface area contributed by atoms with Gasteiger partial charge in [-0.2, -0.15) is 0 Å². The zero-order valence-electron chi connectivity index (χ0n) is 13.3. The van der Waals surface area contributed by atoms with Crippen LogP contribution >= 0.6 is 0 Å². The minimum absolute atomic E-state index is 0.0218. The van der Waals surface area contributed by atoms with Crippen LogP contribution in [-0.2, 0) is 6.54 Å². The number of carbonyl (C=O) groups excluding carboxylic acids is 1. The molecule has 0 aliphatic heterocycles. The summed E-state index contributed by atoms with van der Waals surface area (Å²) in [6.07, 6.45) is 3.11. The SMILES string of the molecule is O=C(NCc1cccc2ccccc12)c1ncc2cccnc2c1O. The van der Waals surface area contributed by atoms with Gasteiger partial charge in [0.25, 0.3) is 5.91 Å². The van der Waals surface area contributed by atoms with E-state index in [9.17, 15) is 9.90 Å². The highest BCUT2D eigenvalue weighted by Crippen LogP contribution is 2.25. The number of hydrogen-bond acceptors (Lipinski definition) is 4. The lowest BCUT2D eigenvalue weighted by molar-refractivity contribution is 0.0943. The zero-order chi connectivity index (χ0) is 17.2. The van der Waals surface area contributed by atoms with E-state index >= 15 is 0 Å². The Morgan fingerprint density at radius 2 is 1.76 bits per heavy atom. The molecule has 4 rings (SSSR count). The van der Waals surface area contributed by atoms with Crippen LogP contribution in [0.5, 0.6) is 5.75 Å². The van der Waals surface area contributed by atoms with E-state index in [-0.39, 0.29) is 11.4 Å². The fourth-order valence-electron chi connectivity index (χ4n) is 2.90. The van der Waals surface area contributed by atoms with Crippen molar-refractivity contribution in [3.63, 3.8) is 0 Å². The molecule has 0 aliphatic carbocycles. The van der Waals surface area contributed by atoms with Gasteiger partial charge < -0.3 is 10.4 Å². The largest absolute Gasteiger partial charge is 0.504 e. The fraction of sp³-hybridized carbons (Fsp3) is 0.0500. The predicted octanol–water partition coefficient (Wildman–Crippen LogP) is 3.42. The van der Waals surface area contributed by atoms with E-state index in [2.05, 4.69) is 15.3 Å². The second-order valence-electron chi connectivity index (χ2n) is 5.72. The second-order valence-corrected chi connectivity index (χ2v) is 5.72. The van der Waals surface area contributed by atoms with Gasteiger partial charge in [-0.25, -0.2) is 4.98 Å². The van der Waals surface area contributed by atoms with Gasteiger partial charge in [-0.1, -0.05) is 42.5 Å². The van der Waals surface area contributed by atoms with E-state index < -0.39 is 5.91 Å². The maximum absolute atomic E-state index is 12.5. The quantitative estimate of drug-likeness (QED) is 0.604. The number of aromatic hydroxyl groups is 1.